The number of nitrogens with two attached hydrogens (primary N) is 1. The molecule has 2 rings (SSSR count). The molecular formula is C19H24F3N3O3. The van der Waals surface area contributed by atoms with E-state index in [0.29, 0.717) is 19.1 Å². The van der Waals surface area contributed by atoms with Gasteiger partial charge in [-0.25, -0.2) is 4.99 Å². The van der Waals surface area contributed by atoms with Gasteiger partial charge in [0.15, 0.2) is 12.4 Å². The molecule has 0 bridgehead atoms. The second-order valence-electron chi connectivity index (χ2n) is 7.19. The van der Waals surface area contributed by atoms with Crippen LogP contribution >= 0.6 is 0 Å². The third kappa shape index (κ3) is 6.07. The SMILES string of the molecule is CC1(O)CCC(N/C=C(/C=O)C(N)=Nc2ccc(C(O)C(F)(F)F)cc2)CC1. The first-order valence-electron chi connectivity index (χ1n) is 8.85. The fourth-order valence-electron chi connectivity index (χ4n) is 2.91. The molecule has 0 saturated heterocycles. The lowest BCUT2D eigenvalue weighted by Crippen LogP contribution is -2.38. The monoisotopic (exact) mass is 399 g/mol. The number of nitrogens with one attached hydrogen (secondary N) is 1. The third-order valence-electron chi connectivity index (χ3n) is 4.73. The van der Waals surface area contributed by atoms with E-state index >= 15 is 0 Å². The van der Waals surface area contributed by atoms with Crippen LogP contribution in [0.3, 0.4) is 0 Å². The molecule has 9 heteroatoms. The van der Waals surface area contributed by atoms with Crippen LogP contribution in [0.4, 0.5) is 18.9 Å². The van der Waals surface area contributed by atoms with Crippen molar-refractivity contribution in [1.82, 2.24) is 5.32 Å². The average molecular weight is 399 g/mol. The van der Waals surface area contributed by atoms with Crippen molar-refractivity contribution in [3.63, 3.8) is 0 Å². The van der Waals surface area contributed by atoms with Crippen LogP contribution in [0.15, 0.2) is 41.0 Å². The smallest absolute Gasteiger partial charge is 0.390 e. The van der Waals surface area contributed by atoms with Gasteiger partial charge in [-0.15, -0.1) is 0 Å². The van der Waals surface area contributed by atoms with Crippen molar-refractivity contribution in [2.75, 3.05) is 0 Å². The molecule has 5 N–H and O–H groups in total. The number of aldehydes is 1. The van der Waals surface area contributed by atoms with E-state index in [1.807, 2.05) is 0 Å². The van der Waals surface area contributed by atoms with Gasteiger partial charge in [0.1, 0.15) is 5.84 Å². The van der Waals surface area contributed by atoms with E-state index in [2.05, 4.69) is 10.3 Å². The topological polar surface area (TPSA) is 108 Å². The number of aliphatic hydroxyl groups is 2. The highest BCUT2D eigenvalue weighted by Crippen LogP contribution is 2.33. The molecule has 1 saturated carbocycles. The van der Waals surface area contributed by atoms with E-state index in [4.69, 9.17) is 5.73 Å². The fraction of sp³-hybridized carbons (Fsp3) is 0.474. The quantitative estimate of drug-likeness (QED) is 0.255. The number of hydrogen-bond donors (Lipinski definition) is 4. The Morgan fingerprint density at radius 1 is 1.32 bits per heavy atom. The number of amidine groups is 1. The highest BCUT2D eigenvalue weighted by molar-refractivity contribution is 6.13. The van der Waals surface area contributed by atoms with E-state index in [1.165, 1.54) is 18.3 Å². The molecule has 1 fully saturated rings. The molecule has 28 heavy (non-hydrogen) atoms. The lowest BCUT2D eigenvalue weighted by molar-refractivity contribution is -0.206. The average Bonchev–Trinajstić information content (AvgIpc) is 2.62. The number of aliphatic hydroxyl groups excluding tert-OH is 1. The maximum absolute atomic E-state index is 12.5. The summed E-state index contributed by atoms with van der Waals surface area (Å²) < 4.78 is 37.5. The Morgan fingerprint density at radius 2 is 1.89 bits per heavy atom. The Labute approximate surface area is 161 Å². The maximum atomic E-state index is 12.5. The highest BCUT2D eigenvalue weighted by Gasteiger charge is 2.39. The van der Waals surface area contributed by atoms with Crippen LogP contribution in [0, 0.1) is 0 Å². The Kier molecular flexibility index (Phi) is 6.84. The zero-order valence-corrected chi connectivity index (χ0v) is 15.4. The van der Waals surface area contributed by atoms with Crippen molar-refractivity contribution >= 4 is 17.8 Å². The second kappa shape index (κ2) is 8.74. The van der Waals surface area contributed by atoms with Crippen molar-refractivity contribution in [1.29, 1.82) is 0 Å². The summed E-state index contributed by atoms with van der Waals surface area (Å²) in [5.74, 6) is -0.0885. The summed E-state index contributed by atoms with van der Waals surface area (Å²) in [6, 6.07) is 4.85. The van der Waals surface area contributed by atoms with E-state index in [-0.39, 0.29) is 28.7 Å². The number of rotatable bonds is 6. The number of carbonyl (C=O) groups is 1. The van der Waals surface area contributed by atoms with Gasteiger partial charge in [-0.05, 0) is 50.3 Å². The van der Waals surface area contributed by atoms with E-state index < -0.39 is 17.9 Å². The molecule has 1 aliphatic carbocycles. The first kappa shape index (κ1) is 21.9. The predicted molar refractivity (Wildman–Crippen MR) is 98.9 cm³/mol. The molecule has 0 aromatic heterocycles. The molecule has 154 valence electrons. The van der Waals surface area contributed by atoms with Gasteiger partial charge in [0.05, 0.1) is 16.9 Å². The van der Waals surface area contributed by atoms with Gasteiger partial charge in [0.2, 0.25) is 0 Å². The van der Waals surface area contributed by atoms with Crippen LogP contribution in [0.5, 0.6) is 0 Å². The second-order valence-corrected chi connectivity index (χ2v) is 7.19. The van der Waals surface area contributed by atoms with Gasteiger partial charge in [-0.1, -0.05) is 12.1 Å². The first-order valence-corrected chi connectivity index (χ1v) is 8.85. The molecule has 1 aromatic carbocycles. The Balaban J connectivity index is 2.04. The molecule has 0 radical (unpaired) electrons. The minimum atomic E-state index is -4.75. The number of carbonyl (C=O) groups excluding carboxylic acids is 1. The van der Waals surface area contributed by atoms with Crippen LogP contribution in [0.25, 0.3) is 0 Å². The first-order chi connectivity index (χ1) is 13.0. The van der Waals surface area contributed by atoms with Crippen molar-refractivity contribution in [3.05, 3.63) is 41.6 Å². The summed E-state index contributed by atoms with van der Waals surface area (Å²) in [6.45, 7) is 1.79. The minimum Gasteiger partial charge on any atom is -0.390 e. The van der Waals surface area contributed by atoms with Crippen LogP contribution in [-0.2, 0) is 4.79 Å². The number of alkyl halides is 3. The number of nitrogens with zero attached hydrogens (tertiary/aromatic N) is 1. The van der Waals surface area contributed by atoms with Crippen molar-refractivity contribution < 1.29 is 28.2 Å². The summed E-state index contributed by atoms with van der Waals surface area (Å²) in [5.41, 5.74) is 5.20. The van der Waals surface area contributed by atoms with Gasteiger partial charge in [-0.3, -0.25) is 4.79 Å². The Morgan fingerprint density at radius 3 is 2.39 bits per heavy atom. The van der Waals surface area contributed by atoms with Crippen molar-refractivity contribution in [3.8, 4) is 0 Å². The summed E-state index contributed by atoms with van der Waals surface area (Å²) in [7, 11) is 0. The van der Waals surface area contributed by atoms with Crippen molar-refractivity contribution in [2.45, 2.75) is 56.5 Å². The summed E-state index contributed by atoms with van der Waals surface area (Å²) in [6.07, 6.45) is -2.55. The molecule has 0 heterocycles. The maximum Gasteiger partial charge on any atom is 0.418 e. The van der Waals surface area contributed by atoms with Crippen molar-refractivity contribution in [2.24, 2.45) is 10.7 Å². The number of hydrogen-bond acceptors (Lipinski definition) is 5. The lowest BCUT2D eigenvalue weighted by atomic mass is 9.84. The molecule has 0 amide bonds. The largest absolute Gasteiger partial charge is 0.418 e. The standard InChI is InChI=1S/C19H24F3N3O3/c1-18(28)8-6-14(7-9-18)24-10-13(11-26)17(23)25-15-4-2-12(3-5-15)16(27)19(20,21)22/h2-5,10-11,14,16,24,27-28H,6-9H2,1H3,(H2,23,25)/b13-10-. The van der Waals surface area contributed by atoms with Crippen LogP contribution in [0.2, 0.25) is 0 Å². The molecular weight excluding hydrogens is 375 g/mol. The molecule has 1 aliphatic rings. The van der Waals surface area contributed by atoms with E-state index in [9.17, 15) is 28.2 Å². The molecule has 0 spiro atoms. The van der Waals surface area contributed by atoms with Crippen LogP contribution < -0.4 is 11.1 Å². The number of benzene rings is 1. The molecule has 0 aliphatic heterocycles. The summed E-state index contributed by atoms with van der Waals surface area (Å²) >= 11 is 0. The number of halogens is 3. The van der Waals surface area contributed by atoms with Gasteiger partial charge >= 0.3 is 6.18 Å². The molecule has 1 atom stereocenters. The third-order valence-corrected chi connectivity index (χ3v) is 4.73. The zero-order valence-electron chi connectivity index (χ0n) is 15.4. The van der Waals surface area contributed by atoms with Gasteiger partial charge in [0, 0.05) is 12.2 Å². The minimum absolute atomic E-state index is 0.0885. The summed E-state index contributed by atoms with van der Waals surface area (Å²) in [5, 5.41) is 22.3. The zero-order chi connectivity index (χ0) is 20.9. The molecule has 6 nitrogen and oxygen atoms in total. The van der Waals surface area contributed by atoms with Crippen LogP contribution in [-0.4, -0.2) is 40.2 Å². The molecule has 1 unspecified atom stereocenters. The normalized spacial score (nSPS) is 25.3. The van der Waals surface area contributed by atoms with Crippen LogP contribution in [0.1, 0.15) is 44.3 Å². The molecule has 1 aromatic rings. The van der Waals surface area contributed by atoms with Gasteiger partial charge in [0.25, 0.3) is 0 Å². The number of aliphatic imine (C=N–C) groups is 1. The van der Waals surface area contributed by atoms with Gasteiger partial charge in [-0.2, -0.15) is 13.2 Å². The predicted octanol–water partition coefficient (Wildman–Crippen LogP) is 2.64. The van der Waals surface area contributed by atoms with E-state index in [0.717, 1.165) is 25.0 Å². The fourth-order valence-corrected chi connectivity index (χ4v) is 2.91. The Hall–Kier alpha value is -2.39. The Bertz CT molecular complexity index is 733. The van der Waals surface area contributed by atoms with E-state index in [1.54, 1.807) is 6.92 Å². The lowest BCUT2D eigenvalue weighted by Gasteiger charge is -2.33. The highest BCUT2D eigenvalue weighted by atomic mass is 19.4. The van der Waals surface area contributed by atoms with Gasteiger partial charge < -0.3 is 21.3 Å². The summed E-state index contributed by atoms with van der Waals surface area (Å²) in [4.78, 5) is 15.3.